The summed E-state index contributed by atoms with van der Waals surface area (Å²) in [6.07, 6.45) is 10.6. The molecule has 0 aromatic carbocycles. The number of carboxylic acids is 1. The maximum atomic E-state index is 12.9. The van der Waals surface area contributed by atoms with E-state index in [1.807, 2.05) is 20.8 Å². The van der Waals surface area contributed by atoms with Crippen molar-refractivity contribution >= 4 is 17.7 Å². The van der Waals surface area contributed by atoms with E-state index in [4.69, 9.17) is 4.74 Å². The van der Waals surface area contributed by atoms with Gasteiger partial charge in [0.1, 0.15) is 6.10 Å². The summed E-state index contributed by atoms with van der Waals surface area (Å²) in [6.45, 7) is 14.3. The van der Waals surface area contributed by atoms with Gasteiger partial charge in [0.25, 0.3) is 0 Å². The molecule has 5 nitrogen and oxygen atoms in total. The molecule has 1 unspecified atom stereocenters. The van der Waals surface area contributed by atoms with Crippen molar-refractivity contribution in [3.63, 3.8) is 0 Å². The van der Waals surface area contributed by atoms with Crippen LogP contribution in [0.1, 0.15) is 74.1 Å². The highest BCUT2D eigenvalue weighted by molar-refractivity contribution is 5.95. The van der Waals surface area contributed by atoms with Gasteiger partial charge in [-0.05, 0) is 67.3 Å². The topological polar surface area (TPSA) is 80.7 Å². The van der Waals surface area contributed by atoms with E-state index in [1.54, 1.807) is 6.08 Å². The third kappa shape index (κ3) is 3.21. The van der Waals surface area contributed by atoms with Crippen molar-refractivity contribution in [2.45, 2.75) is 80.3 Å². The lowest BCUT2D eigenvalue weighted by Gasteiger charge is -2.66. The van der Waals surface area contributed by atoms with Crippen molar-refractivity contribution in [3.8, 4) is 0 Å². The van der Waals surface area contributed by atoms with Gasteiger partial charge in [0.05, 0.1) is 0 Å². The smallest absolute Gasteiger partial charge is 0.328 e. The number of aliphatic carboxylic acids is 1. The van der Waals surface area contributed by atoms with Crippen LogP contribution in [0.5, 0.6) is 0 Å². The summed E-state index contributed by atoms with van der Waals surface area (Å²) in [7, 11) is 0. The number of carbonyl (C=O) groups excluding carboxylic acids is 2. The van der Waals surface area contributed by atoms with Gasteiger partial charge in [0.2, 0.25) is 0 Å². The molecule has 0 aromatic rings. The van der Waals surface area contributed by atoms with Gasteiger partial charge in [-0.1, -0.05) is 57.9 Å². The summed E-state index contributed by atoms with van der Waals surface area (Å²) in [5.74, 6) is -0.618. The first-order chi connectivity index (χ1) is 15.2. The van der Waals surface area contributed by atoms with Gasteiger partial charge in [-0.15, -0.1) is 0 Å². The second kappa shape index (κ2) is 7.41. The summed E-state index contributed by atoms with van der Waals surface area (Å²) in [5.41, 5.74) is 0.956. The van der Waals surface area contributed by atoms with Gasteiger partial charge < -0.3 is 9.84 Å². The van der Waals surface area contributed by atoms with Crippen LogP contribution >= 0.6 is 0 Å². The van der Waals surface area contributed by atoms with E-state index in [0.717, 1.165) is 24.8 Å². The lowest BCUT2D eigenvalue weighted by atomic mass is 9.38. The van der Waals surface area contributed by atoms with Crippen LogP contribution in [-0.4, -0.2) is 28.9 Å². The Hall–Kier alpha value is -2.17. The summed E-state index contributed by atoms with van der Waals surface area (Å²) in [4.78, 5) is 36.5. The molecule has 4 aliphatic carbocycles. The standard InChI is InChI=1S/C28H38O5/c1-16(14-24(31)32)18-8-9-19-26(18,5)12-10-20-27(6)13-11-22(30)25(3,4)21(27)15-23(28(19,20)7)33-17(2)29/h9,11,13-14,18,20-21,23H,8,10,12,15H2,1-7H3,(H,31,32)/b16-14+/t18-,20+,21?,23+,26-,27+,28-/m0/s1. The average Bonchev–Trinajstić information content (AvgIpc) is 3.05. The lowest BCUT2D eigenvalue weighted by Crippen LogP contribution is -2.64. The Morgan fingerprint density at radius 1 is 1.12 bits per heavy atom. The van der Waals surface area contributed by atoms with Crippen LogP contribution in [-0.2, 0) is 19.1 Å². The highest BCUT2D eigenvalue weighted by Gasteiger charge is 2.68. The zero-order valence-corrected chi connectivity index (χ0v) is 21.0. The van der Waals surface area contributed by atoms with Gasteiger partial charge in [0, 0.05) is 23.8 Å². The van der Waals surface area contributed by atoms with Gasteiger partial charge >= 0.3 is 11.9 Å². The number of allylic oxidation sites excluding steroid dienone is 4. The van der Waals surface area contributed by atoms with Crippen LogP contribution in [0.15, 0.2) is 35.5 Å². The van der Waals surface area contributed by atoms with E-state index >= 15 is 0 Å². The molecule has 0 heterocycles. The third-order valence-corrected chi connectivity index (χ3v) is 10.1. The molecule has 0 bridgehead atoms. The quantitative estimate of drug-likeness (QED) is 0.345. The second-order valence-electron chi connectivity index (χ2n) is 12.1. The summed E-state index contributed by atoms with van der Waals surface area (Å²) >= 11 is 0. The van der Waals surface area contributed by atoms with Gasteiger partial charge in [0.15, 0.2) is 5.78 Å². The van der Waals surface area contributed by atoms with Crippen LogP contribution in [0.4, 0.5) is 0 Å². The first-order valence-electron chi connectivity index (χ1n) is 12.2. The van der Waals surface area contributed by atoms with Crippen LogP contribution in [0.3, 0.4) is 0 Å². The summed E-state index contributed by atoms with van der Waals surface area (Å²) < 4.78 is 6.08. The minimum absolute atomic E-state index is 0.0840. The zero-order chi connectivity index (χ0) is 24.6. The first kappa shape index (κ1) is 24.0. The summed E-state index contributed by atoms with van der Waals surface area (Å²) in [6, 6.07) is 0. The third-order valence-electron chi connectivity index (χ3n) is 10.1. The van der Waals surface area contributed by atoms with Crippen LogP contribution in [0.2, 0.25) is 0 Å². The van der Waals surface area contributed by atoms with Crippen molar-refractivity contribution in [2.75, 3.05) is 0 Å². The van der Waals surface area contributed by atoms with Crippen molar-refractivity contribution in [1.82, 2.24) is 0 Å². The monoisotopic (exact) mass is 454 g/mol. The average molecular weight is 455 g/mol. The van der Waals surface area contributed by atoms with Crippen molar-refractivity contribution in [1.29, 1.82) is 0 Å². The molecule has 5 heteroatoms. The lowest BCUT2D eigenvalue weighted by molar-refractivity contribution is -0.187. The Kier molecular flexibility index (Phi) is 5.39. The van der Waals surface area contributed by atoms with Crippen LogP contribution in [0.25, 0.3) is 0 Å². The fraction of sp³-hybridized carbons (Fsp3) is 0.679. The Morgan fingerprint density at radius 3 is 2.39 bits per heavy atom. The maximum absolute atomic E-state index is 12.9. The van der Waals surface area contributed by atoms with E-state index in [9.17, 15) is 19.5 Å². The Labute approximate surface area is 197 Å². The SMILES string of the molecule is CC(=O)O[C@@H]1CC2C(C)(C)C(=O)C=C[C@]2(C)[C@H]2CC[C@]3(C)C(=CC[C@H]3/C(C)=C/C(=O)O)[C@]12C. The van der Waals surface area contributed by atoms with E-state index in [2.05, 4.69) is 32.9 Å². The predicted octanol–water partition coefficient (Wildman–Crippen LogP) is 5.51. The predicted molar refractivity (Wildman–Crippen MR) is 126 cm³/mol. The molecule has 2 fully saturated rings. The number of hydrogen-bond donors (Lipinski definition) is 1. The Bertz CT molecular complexity index is 1000. The number of rotatable bonds is 3. The summed E-state index contributed by atoms with van der Waals surface area (Å²) in [5, 5.41) is 9.35. The molecule has 0 radical (unpaired) electrons. The molecule has 0 aromatic heterocycles. The molecule has 33 heavy (non-hydrogen) atoms. The Balaban J connectivity index is 1.85. The number of ether oxygens (including phenoxy) is 1. The van der Waals surface area contributed by atoms with Gasteiger partial charge in [-0.3, -0.25) is 9.59 Å². The van der Waals surface area contributed by atoms with Gasteiger partial charge in [-0.2, -0.15) is 0 Å². The van der Waals surface area contributed by atoms with E-state index in [1.165, 1.54) is 18.6 Å². The van der Waals surface area contributed by atoms with Crippen LogP contribution in [0, 0.1) is 39.4 Å². The number of carboxylic acid groups (broad SMARTS) is 1. The fourth-order valence-electron chi connectivity index (χ4n) is 8.60. The minimum atomic E-state index is -0.908. The van der Waals surface area contributed by atoms with Crippen molar-refractivity contribution < 1.29 is 24.2 Å². The normalized spacial score (nSPS) is 43.8. The molecule has 2 saturated carbocycles. The fourth-order valence-corrected chi connectivity index (χ4v) is 8.60. The number of ketones is 1. The maximum Gasteiger partial charge on any atom is 0.328 e. The van der Waals surface area contributed by atoms with Crippen LogP contribution < -0.4 is 0 Å². The molecule has 0 saturated heterocycles. The first-order valence-corrected chi connectivity index (χ1v) is 12.2. The molecule has 0 spiro atoms. The highest BCUT2D eigenvalue weighted by Crippen LogP contribution is 2.72. The second-order valence-corrected chi connectivity index (χ2v) is 12.1. The zero-order valence-electron chi connectivity index (χ0n) is 21.0. The molecular formula is C28H38O5. The Morgan fingerprint density at radius 2 is 1.79 bits per heavy atom. The number of fused-ring (bicyclic) bond motifs is 5. The highest BCUT2D eigenvalue weighted by atomic mass is 16.5. The van der Waals surface area contributed by atoms with E-state index < -0.39 is 11.4 Å². The number of hydrogen-bond acceptors (Lipinski definition) is 4. The molecule has 4 rings (SSSR count). The largest absolute Gasteiger partial charge is 0.478 e. The van der Waals surface area contributed by atoms with Crippen molar-refractivity contribution in [3.05, 3.63) is 35.5 Å². The molecule has 1 N–H and O–H groups in total. The molecule has 180 valence electrons. The number of esters is 1. The molecule has 7 atom stereocenters. The molecule has 4 aliphatic rings. The minimum Gasteiger partial charge on any atom is -0.478 e. The van der Waals surface area contributed by atoms with Gasteiger partial charge in [-0.25, -0.2) is 4.79 Å². The van der Waals surface area contributed by atoms with E-state index in [-0.39, 0.29) is 51.9 Å². The molecular weight excluding hydrogens is 416 g/mol. The molecule has 0 amide bonds. The van der Waals surface area contributed by atoms with Crippen molar-refractivity contribution in [2.24, 2.45) is 39.4 Å². The molecule has 0 aliphatic heterocycles. The number of carbonyl (C=O) groups is 3. The van der Waals surface area contributed by atoms with E-state index in [0.29, 0.717) is 6.42 Å².